The van der Waals surface area contributed by atoms with E-state index in [0.717, 1.165) is 44.4 Å². The average Bonchev–Trinajstić information content (AvgIpc) is 2.81. The molecule has 1 saturated heterocycles. The number of benzene rings is 2. The Balaban J connectivity index is 1.50. The van der Waals surface area contributed by atoms with Crippen LogP contribution in [0.2, 0.25) is 0 Å². The number of rotatable bonds is 7. The molecular weight excluding hydrogens is 394 g/mol. The molecule has 1 aliphatic heterocycles. The van der Waals surface area contributed by atoms with Gasteiger partial charge in [0.05, 0.1) is 20.3 Å². The van der Waals surface area contributed by atoms with E-state index in [-0.39, 0.29) is 0 Å². The van der Waals surface area contributed by atoms with Crippen molar-refractivity contribution in [3.05, 3.63) is 65.2 Å². The molecule has 1 heterocycles. The molecule has 8 heteroatoms. The number of aliphatic imine (C=N–C) groups is 1. The molecule has 0 radical (unpaired) electrons. The van der Waals surface area contributed by atoms with E-state index in [0.29, 0.717) is 18.8 Å². The Labute approximate surface area is 183 Å². The minimum Gasteiger partial charge on any atom is -0.453 e. The number of hydrogen-bond donors (Lipinski definition) is 3. The minimum absolute atomic E-state index is 0.482. The maximum Gasteiger partial charge on any atom is 0.411 e. The van der Waals surface area contributed by atoms with Crippen LogP contribution in [0.25, 0.3) is 0 Å². The van der Waals surface area contributed by atoms with Crippen LogP contribution in [-0.4, -0.2) is 57.4 Å². The Hall–Kier alpha value is -3.10. The summed E-state index contributed by atoms with van der Waals surface area (Å²) in [5, 5.41) is 9.37. The minimum atomic E-state index is -0.482. The lowest BCUT2D eigenvalue weighted by atomic mass is 10.1. The monoisotopic (exact) mass is 425 g/mol. The first-order valence-electron chi connectivity index (χ1n) is 10.4. The number of amides is 1. The van der Waals surface area contributed by atoms with Crippen LogP contribution < -0.4 is 16.0 Å². The zero-order valence-electron chi connectivity index (χ0n) is 18.2. The van der Waals surface area contributed by atoms with Gasteiger partial charge >= 0.3 is 6.09 Å². The van der Waals surface area contributed by atoms with Crippen LogP contribution in [0, 0.1) is 0 Å². The number of morpholine rings is 1. The fourth-order valence-corrected chi connectivity index (χ4v) is 3.34. The molecule has 2 aromatic rings. The van der Waals surface area contributed by atoms with Crippen LogP contribution in [0.4, 0.5) is 10.5 Å². The number of anilines is 1. The van der Waals surface area contributed by atoms with Gasteiger partial charge in [-0.15, -0.1) is 0 Å². The second-order valence-corrected chi connectivity index (χ2v) is 7.25. The van der Waals surface area contributed by atoms with Crippen LogP contribution in [0.15, 0.2) is 53.5 Å². The first kappa shape index (κ1) is 22.6. The molecule has 166 valence electrons. The van der Waals surface area contributed by atoms with Crippen molar-refractivity contribution in [2.75, 3.05) is 45.8 Å². The van der Waals surface area contributed by atoms with Gasteiger partial charge in [0.25, 0.3) is 0 Å². The third-order valence-electron chi connectivity index (χ3n) is 5.13. The predicted octanol–water partition coefficient (Wildman–Crippen LogP) is 2.56. The first-order valence-corrected chi connectivity index (χ1v) is 10.4. The van der Waals surface area contributed by atoms with Crippen LogP contribution >= 0.6 is 0 Å². The Morgan fingerprint density at radius 3 is 2.39 bits per heavy atom. The van der Waals surface area contributed by atoms with Crippen molar-refractivity contribution in [3.63, 3.8) is 0 Å². The first-order chi connectivity index (χ1) is 15.2. The largest absolute Gasteiger partial charge is 0.453 e. The van der Waals surface area contributed by atoms with E-state index in [9.17, 15) is 4.79 Å². The second-order valence-electron chi connectivity index (χ2n) is 7.25. The van der Waals surface area contributed by atoms with Gasteiger partial charge in [0.1, 0.15) is 0 Å². The van der Waals surface area contributed by atoms with Crippen LogP contribution in [0.1, 0.15) is 16.7 Å². The molecular formula is C23H31N5O3. The average molecular weight is 426 g/mol. The molecule has 0 unspecified atom stereocenters. The van der Waals surface area contributed by atoms with E-state index in [1.807, 2.05) is 24.3 Å². The van der Waals surface area contributed by atoms with Gasteiger partial charge in [0.15, 0.2) is 5.96 Å². The highest BCUT2D eigenvalue weighted by molar-refractivity contribution is 5.84. The summed E-state index contributed by atoms with van der Waals surface area (Å²) in [5.41, 5.74) is 4.34. The van der Waals surface area contributed by atoms with Crippen molar-refractivity contribution in [1.29, 1.82) is 0 Å². The molecule has 2 aromatic carbocycles. The third-order valence-corrected chi connectivity index (χ3v) is 5.13. The highest BCUT2D eigenvalue weighted by Crippen LogP contribution is 2.13. The number of guanidine groups is 1. The van der Waals surface area contributed by atoms with E-state index in [4.69, 9.17) is 4.74 Å². The van der Waals surface area contributed by atoms with Crippen molar-refractivity contribution < 1.29 is 14.3 Å². The molecule has 3 N–H and O–H groups in total. The van der Waals surface area contributed by atoms with Crippen LogP contribution in [0.3, 0.4) is 0 Å². The topological polar surface area (TPSA) is 87.2 Å². The number of methoxy groups -OCH3 is 1. The molecule has 8 nitrogen and oxygen atoms in total. The molecule has 0 aliphatic carbocycles. The van der Waals surface area contributed by atoms with Gasteiger partial charge in [0.2, 0.25) is 0 Å². The Morgan fingerprint density at radius 2 is 1.71 bits per heavy atom. The van der Waals surface area contributed by atoms with Gasteiger partial charge in [-0.1, -0.05) is 36.4 Å². The molecule has 1 fully saturated rings. The Kier molecular flexibility index (Phi) is 8.69. The maximum absolute atomic E-state index is 11.3. The molecule has 3 rings (SSSR count). The van der Waals surface area contributed by atoms with E-state index >= 15 is 0 Å². The van der Waals surface area contributed by atoms with Crippen molar-refractivity contribution in [1.82, 2.24) is 15.5 Å². The lowest BCUT2D eigenvalue weighted by molar-refractivity contribution is 0.0341. The quantitative estimate of drug-likeness (QED) is 0.467. The highest BCUT2D eigenvalue weighted by Gasteiger charge is 2.12. The maximum atomic E-state index is 11.3. The van der Waals surface area contributed by atoms with Crippen molar-refractivity contribution in [2.45, 2.75) is 19.6 Å². The lowest BCUT2D eigenvalue weighted by Gasteiger charge is -2.27. The number of nitrogens with zero attached hydrogens (tertiary/aromatic N) is 2. The standard InChI is InChI=1S/C23H31N5O3/c1-24-22(25-15-18-7-9-21(10-8-18)27-23(29)30-2)26-16-19-5-3-4-6-20(19)17-28-11-13-31-14-12-28/h3-10H,11-17H2,1-2H3,(H,27,29)(H2,24,25,26). The number of ether oxygens (including phenoxy) is 2. The molecule has 0 spiro atoms. The second kappa shape index (κ2) is 11.9. The van der Waals surface area contributed by atoms with Crippen LogP contribution in [0.5, 0.6) is 0 Å². The zero-order valence-corrected chi connectivity index (χ0v) is 18.2. The lowest BCUT2D eigenvalue weighted by Crippen LogP contribution is -2.37. The highest BCUT2D eigenvalue weighted by atomic mass is 16.5. The fraction of sp³-hybridized carbons (Fsp3) is 0.391. The summed E-state index contributed by atoms with van der Waals surface area (Å²) in [6.45, 7) is 5.79. The van der Waals surface area contributed by atoms with Crippen molar-refractivity contribution >= 4 is 17.7 Å². The number of carbonyl (C=O) groups is 1. The predicted molar refractivity (Wildman–Crippen MR) is 122 cm³/mol. The zero-order chi connectivity index (χ0) is 21.9. The van der Waals surface area contributed by atoms with Crippen LogP contribution in [-0.2, 0) is 29.1 Å². The SMILES string of the molecule is CN=C(NCc1ccc(NC(=O)OC)cc1)NCc1ccccc1CN1CCOCC1. The summed E-state index contributed by atoms with van der Waals surface area (Å²) >= 11 is 0. The molecule has 0 saturated carbocycles. The Morgan fingerprint density at radius 1 is 1.03 bits per heavy atom. The van der Waals surface area contributed by atoms with Crippen molar-refractivity contribution in [2.24, 2.45) is 4.99 Å². The normalized spacial score (nSPS) is 14.7. The number of nitrogens with one attached hydrogen (secondary N) is 3. The molecule has 1 aliphatic rings. The number of hydrogen-bond acceptors (Lipinski definition) is 5. The molecule has 0 atom stereocenters. The van der Waals surface area contributed by atoms with Crippen molar-refractivity contribution in [3.8, 4) is 0 Å². The van der Waals surface area contributed by atoms with Gasteiger partial charge < -0.3 is 20.1 Å². The van der Waals surface area contributed by atoms with E-state index in [1.54, 1.807) is 7.05 Å². The fourth-order valence-electron chi connectivity index (χ4n) is 3.34. The summed E-state index contributed by atoms with van der Waals surface area (Å²) in [5.74, 6) is 0.734. The van der Waals surface area contributed by atoms with Gasteiger partial charge in [-0.3, -0.25) is 15.2 Å². The van der Waals surface area contributed by atoms with Gasteiger partial charge in [-0.25, -0.2) is 4.79 Å². The third kappa shape index (κ3) is 7.27. The molecule has 1 amide bonds. The van der Waals surface area contributed by atoms with Gasteiger partial charge in [-0.05, 0) is 28.8 Å². The molecule has 31 heavy (non-hydrogen) atoms. The summed E-state index contributed by atoms with van der Waals surface area (Å²) in [6.07, 6.45) is -0.482. The van der Waals surface area contributed by atoms with Gasteiger partial charge in [-0.2, -0.15) is 0 Å². The van der Waals surface area contributed by atoms with E-state index < -0.39 is 6.09 Å². The summed E-state index contributed by atoms with van der Waals surface area (Å²) < 4.78 is 10.0. The summed E-state index contributed by atoms with van der Waals surface area (Å²) in [4.78, 5) is 18.0. The molecule has 0 aromatic heterocycles. The van der Waals surface area contributed by atoms with E-state index in [1.165, 1.54) is 18.2 Å². The number of carbonyl (C=O) groups excluding carboxylic acids is 1. The Bertz CT molecular complexity index is 864. The van der Waals surface area contributed by atoms with E-state index in [2.05, 4.69) is 54.8 Å². The summed E-state index contributed by atoms with van der Waals surface area (Å²) in [7, 11) is 3.10. The smallest absolute Gasteiger partial charge is 0.411 e. The van der Waals surface area contributed by atoms with Gasteiger partial charge in [0, 0.05) is 45.5 Å². The molecule has 0 bridgehead atoms. The summed E-state index contributed by atoms with van der Waals surface area (Å²) in [6, 6.07) is 16.1.